The van der Waals surface area contributed by atoms with Gasteiger partial charge in [0, 0.05) is 12.5 Å². The zero-order valence-corrected chi connectivity index (χ0v) is 11.0. The van der Waals surface area contributed by atoms with E-state index in [-0.39, 0.29) is 6.42 Å². The molecule has 0 aliphatic heterocycles. The third-order valence-electron chi connectivity index (χ3n) is 2.81. The van der Waals surface area contributed by atoms with Gasteiger partial charge in [0.05, 0.1) is 12.0 Å². The van der Waals surface area contributed by atoms with E-state index in [1.54, 1.807) is 0 Å². The summed E-state index contributed by atoms with van der Waals surface area (Å²) in [5.41, 5.74) is -1.42. The Morgan fingerprint density at radius 3 is 2.75 bits per heavy atom. The molecule has 0 aliphatic carbocycles. The van der Waals surface area contributed by atoms with Gasteiger partial charge in [0.25, 0.3) is 0 Å². The summed E-state index contributed by atoms with van der Waals surface area (Å²) in [5.74, 6) is -1.15. The molecule has 1 rings (SSSR count). The standard InChI is InChI=1S/C12H14N2O6/c1-12(13-7-15,11(17)20-2)6-8-3-4-10(16)9(5-8)14(18)19/h3-5,7,16H,6H2,1-2H3,(H,13,15)/t12-/m0/s1. The van der Waals surface area contributed by atoms with E-state index in [0.29, 0.717) is 12.0 Å². The highest BCUT2D eigenvalue weighted by Crippen LogP contribution is 2.28. The molecule has 1 atom stereocenters. The molecule has 0 aliphatic rings. The van der Waals surface area contributed by atoms with Crippen molar-refractivity contribution in [2.45, 2.75) is 18.9 Å². The number of ether oxygens (including phenoxy) is 1. The quantitative estimate of drug-likeness (QED) is 0.340. The van der Waals surface area contributed by atoms with Crippen LogP contribution in [0.2, 0.25) is 0 Å². The molecule has 2 N–H and O–H groups in total. The fourth-order valence-electron chi connectivity index (χ4n) is 1.77. The molecular formula is C12H14N2O6. The van der Waals surface area contributed by atoms with Gasteiger partial charge in [0.2, 0.25) is 6.41 Å². The molecule has 0 fully saturated rings. The van der Waals surface area contributed by atoms with Gasteiger partial charge < -0.3 is 15.2 Å². The fourth-order valence-corrected chi connectivity index (χ4v) is 1.77. The third-order valence-corrected chi connectivity index (χ3v) is 2.81. The Morgan fingerprint density at radius 1 is 1.60 bits per heavy atom. The van der Waals surface area contributed by atoms with Crippen molar-refractivity contribution in [1.82, 2.24) is 5.32 Å². The Bertz CT molecular complexity index is 545. The number of rotatable bonds is 6. The number of hydrogen-bond acceptors (Lipinski definition) is 6. The minimum Gasteiger partial charge on any atom is -0.502 e. The summed E-state index contributed by atoms with van der Waals surface area (Å²) >= 11 is 0. The number of amides is 1. The summed E-state index contributed by atoms with van der Waals surface area (Å²) in [5, 5.41) is 22.4. The number of phenols is 1. The van der Waals surface area contributed by atoms with Crippen LogP contribution in [0.1, 0.15) is 12.5 Å². The zero-order valence-electron chi connectivity index (χ0n) is 11.0. The van der Waals surface area contributed by atoms with Crippen LogP contribution >= 0.6 is 0 Å². The molecule has 0 radical (unpaired) electrons. The average molecular weight is 282 g/mol. The van der Waals surface area contributed by atoms with Crippen molar-refractivity contribution < 1.29 is 24.4 Å². The topological polar surface area (TPSA) is 119 Å². The Balaban J connectivity index is 3.12. The lowest BCUT2D eigenvalue weighted by atomic mass is 9.92. The molecule has 0 unspecified atom stereocenters. The summed E-state index contributed by atoms with van der Waals surface area (Å²) < 4.78 is 4.60. The Labute approximate surface area is 114 Å². The van der Waals surface area contributed by atoms with E-state index in [1.807, 2.05) is 0 Å². The van der Waals surface area contributed by atoms with Crippen LogP contribution < -0.4 is 5.32 Å². The molecule has 8 nitrogen and oxygen atoms in total. The molecule has 1 amide bonds. The number of nitro benzene ring substituents is 1. The lowest BCUT2D eigenvalue weighted by molar-refractivity contribution is -0.385. The SMILES string of the molecule is COC(=O)[C@](C)(Cc1ccc(O)c([N+](=O)[O-])c1)NC=O. The van der Waals surface area contributed by atoms with Crippen LogP contribution in [-0.4, -0.2) is 35.1 Å². The van der Waals surface area contributed by atoms with Crippen LogP contribution in [0.15, 0.2) is 18.2 Å². The Hall–Kier alpha value is -2.64. The summed E-state index contributed by atoms with van der Waals surface area (Å²) in [6.07, 6.45) is 0.339. The predicted molar refractivity (Wildman–Crippen MR) is 68.1 cm³/mol. The largest absolute Gasteiger partial charge is 0.502 e. The number of esters is 1. The number of benzene rings is 1. The van der Waals surface area contributed by atoms with Gasteiger partial charge in [0.1, 0.15) is 5.54 Å². The van der Waals surface area contributed by atoms with E-state index >= 15 is 0 Å². The van der Waals surface area contributed by atoms with Crippen LogP contribution in [0.5, 0.6) is 5.75 Å². The molecule has 0 saturated heterocycles. The number of carbonyl (C=O) groups excluding carboxylic acids is 2. The number of hydrogen-bond donors (Lipinski definition) is 2. The summed E-state index contributed by atoms with van der Waals surface area (Å²) in [7, 11) is 1.17. The molecule has 0 aromatic heterocycles. The van der Waals surface area contributed by atoms with Gasteiger partial charge in [-0.1, -0.05) is 6.07 Å². The first-order valence-corrected chi connectivity index (χ1v) is 5.60. The molecule has 1 aromatic carbocycles. The van der Waals surface area contributed by atoms with Gasteiger partial charge in [-0.25, -0.2) is 4.79 Å². The second-order valence-electron chi connectivity index (χ2n) is 4.34. The first-order valence-electron chi connectivity index (χ1n) is 5.60. The van der Waals surface area contributed by atoms with E-state index in [2.05, 4.69) is 10.1 Å². The van der Waals surface area contributed by atoms with E-state index in [0.717, 1.165) is 12.1 Å². The molecular weight excluding hydrogens is 268 g/mol. The normalized spacial score (nSPS) is 13.1. The van der Waals surface area contributed by atoms with Gasteiger partial charge in [-0.05, 0) is 18.6 Å². The predicted octanol–water partition coefficient (Wildman–Crippen LogP) is 0.521. The summed E-state index contributed by atoms with van der Waals surface area (Å²) in [6, 6.07) is 3.73. The van der Waals surface area contributed by atoms with Gasteiger partial charge in [0.15, 0.2) is 5.75 Å². The van der Waals surface area contributed by atoms with E-state index < -0.39 is 27.9 Å². The van der Waals surface area contributed by atoms with Crippen LogP contribution in [0.25, 0.3) is 0 Å². The maximum absolute atomic E-state index is 11.7. The van der Waals surface area contributed by atoms with Crippen molar-refractivity contribution in [2.75, 3.05) is 7.11 Å². The van der Waals surface area contributed by atoms with Crippen molar-refractivity contribution in [3.8, 4) is 5.75 Å². The first-order chi connectivity index (χ1) is 9.34. The van der Waals surface area contributed by atoms with Crippen molar-refractivity contribution >= 4 is 18.1 Å². The van der Waals surface area contributed by atoms with E-state index in [1.165, 1.54) is 20.1 Å². The van der Waals surface area contributed by atoms with Gasteiger partial charge in [-0.15, -0.1) is 0 Å². The fraction of sp³-hybridized carbons (Fsp3) is 0.333. The number of nitro groups is 1. The zero-order chi connectivity index (χ0) is 15.3. The number of aromatic hydroxyl groups is 1. The molecule has 0 saturated carbocycles. The van der Waals surface area contributed by atoms with Crippen molar-refractivity contribution in [2.24, 2.45) is 0 Å². The monoisotopic (exact) mass is 282 g/mol. The molecule has 0 spiro atoms. The van der Waals surface area contributed by atoms with Gasteiger partial charge in [-0.2, -0.15) is 0 Å². The van der Waals surface area contributed by atoms with Crippen molar-refractivity contribution in [3.63, 3.8) is 0 Å². The maximum atomic E-state index is 11.7. The second kappa shape index (κ2) is 6.00. The number of nitrogens with zero attached hydrogens (tertiary/aromatic N) is 1. The molecule has 108 valence electrons. The highest BCUT2D eigenvalue weighted by atomic mass is 16.6. The number of carbonyl (C=O) groups is 2. The summed E-state index contributed by atoms with van der Waals surface area (Å²) in [6.45, 7) is 1.44. The van der Waals surface area contributed by atoms with Gasteiger partial charge >= 0.3 is 11.7 Å². The minimum atomic E-state index is -1.35. The molecule has 1 aromatic rings. The van der Waals surface area contributed by atoms with Crippen molar-refractivity contribution in [1.29, 1.82) is 0 Å². The molecule has 0 bridgehead atoms. The number of nitrogens with one attached hydrogen (secondary N) is 1. The number of phenolic OH excluding ortho intramolecular Hbond substituents is 1. The van der Waals surface area contributed by atoms with Gasteiger partial charge in [-0.3, -0.25) is 14.9 Å². The van der Waals surface area contributed by atoms with Crippen LogP contribution in [0.3, 0.4) is 0 Å². The van der Waals surface area contributed by atoms with Crippen LogP contribution in [0, 0.1) is 10.1 Å². The first kappa shape index (κ1) is 15.4. The van der Waals surface area contributed by atoms with E-state index in [4.69, 9.17) is 0 Å². The lowest BCUT2D eigenvalue weighted by Gasteiger charge is -2.25. The van der Waals surface area contributed by atoms with Crippen LogP contribution in [0.4, 0.5) is 5.69 Å². The van der Waals surface area contributed by atoms with Crippen molar-refractivity contribution in [3.05, 3.63) is 33.9 Å². The van der Waals surface area contributed by atoms with E-state index in [9.17, 15) is 24.8 Å². The molecule has 20 heavy (non-hydrogen) atoms. The summed E-state index contributed by atoms with van der Waals surface area (Å²) in [4.78, 5) is 32.3. The molecule has 0 heterocycles. The lowest BCUT2D eigenvalue weighted by Crippen LogP contribution is -2.51. The highest BCUT2D eigenvalue weighted by molar-refractivity contribution is 5.83. The molecule has 8 heteroatoms. The smallest absolute Gasteiger partial charge is 0.331 e. The highest BCUT2D eigenvalue weighted by Gasteiger charge is 2.34. The van der Waals surface area contributed by atoms with Crippen LogP contribution in [-0.2, 0) is 20.7 Å². The number of methoxy groups -OCH3 is 1. The Morgan fingerprint density at radius 2 is 2.25 bits per heavy atom. The average Bonchev–Trinajstić information content (AvgIpc) is 2.40. The minimum absolute atomic E-state index is 0.0144. The Kier molecular flexibility index (Phi) is 4.63. The second-order valence-corrected chi connectivity index (χ2v) is 4.34. The maximum Gasteiger partial charge on any atom is 0.331 e. The third kappa shape index (κ3) is 3.22.